The van der Waals surface area contributed by atoms with E-state index < -0.39 is 11.6 Å². The second-order valence-corrected chi connectivity index (χ2v) is 4.17. The lowest BCUT2D eigenvalue weighted by Gasteiger charge is -2.00. The maximum Gasteiger partial charge on any atom is 0.194 e. The smallest absolute Gasteiger partial charge is 0.194 e. The van der Waals surface area contributed by atoms with Crippen LogP contribution in [0.2, 0.25) is 0 Å². The molecule has 0 aliphatic carbocycles. The van der Waals surface area contributed by atoms with Gasteiger partial charge < -0.3 is 9.73 Å². The van der Waals surface area contributed by atoms with Gasteiger partial charge in [0.25, 0.3) is 0 Å². The van der Waals surface area contributed by atoms with Crippen LogP contribution in [0, 0.1) is 11.6 Å². The Kier molecular flexibility index (Phi) is 4.63. The molecule has 0 saturated heterocycles. The SMILES string of the molecule is CCNCCCc1ncc(-c2c(F)cccc2F)o1. The minimum Gasteiger partial charge on any atom is -0.441 e. The molecule has 2 rings (SSSR count). The van der Waals surface area contributed by atoms with Gasteiger partial charge in [-0.15, -0.1) is 0 Å². The van der Waals surface area contributed by atoms with E-state index in [-0.39, 0.29) is 11.3 Å². The highest BCUT2D eigenvalue weighted by atomic mass is 19.1. The minimum atomic E-state index is -0.643. The molecule has 0 aliphatic heterocycles. The number of halogens is 2. The normalized spacial score (nSPS) is 10.9. The number of aromatic nitrogens is 1. The lowest BCUT2D eigenvalue weighted by Crippen LogP contribution is -2.14. The standard InChI is InChI=1S/C14H16F2N2O/c1-2-17-8-4-7-13-18-9-12(19-13)14-10(15)5-3-6-11(14)16/h3,5-6,9,17H,2,4,7-8H2,1H3. The van der Waals surface area contributed by atoms with Gasteiger partial charge in [-0.2, -0.15) is 0 Å². The van der Waals surface area contributed by atoms with Gasteiger partial charge in [-0.05, 0) is 31.6 Å². The van der Waals surface area contributed by atoms with Crippen LogP contribution in [-0.4, -0.2) is 18.1 Å². The fourth-order valence-electron chi connectivity index (χ4n) is 1.82. The molecule has 0 atom stereocenters. The second kappa shape index (κ2) is 6.43. The zero-order valence-electron chi connectivity index (χ0n) is 10.7. The van der Waals surface area contributed by atoms with Gasteiger partial charge in [0, 0.05) is 6.42 Å². The zero-order chi connectivity index (χ0) is 13.7. The van der Waals surface area contributed by atoms with Crippen LogP contribution in [-0.2, 0) is 6.42 Å². The lowest BCUT2D eigenvalue weighted by atomic mass is 10.1. The van der Waals surface area contributed by atoms with Crippen molar-refractivity contribution >= 4 is 0 Å². The third kappa shape index (κ3) is 3.38. The number of nitrogens with zero attached hydrogens (tertiary/aromatic N) is 1. The number of hydrogen-bond donors (Lipinski definition) is 1. The van der Waals surface area contributed by atoms with Gasteiger partial charge >= 0.3 is 0 Å². The summed E-state index contributed by atoms with van der Waals surface area (Å²) in [6.07, 6.45) is 2.88. The highest BCUT2D eigenvalue weighted by Gasteiger charge is 2.15. The average Bonchev–Trinajstić information content (AvgIpc) is 2.83. The van der Waals surface area contributed by atoms with E-state index in [1.165, 1.54) is 24.4 Å². The van der Waals surface area contributed by atoms with Gasteiger partial charge in [0.15, 0.2) is 11.7 Å². The van der Waals surface area contributed by atoms with Crippen molar-refractivity contribution in [3.63, 3.8) is 0 Å². The summed E-state index contributed by atoms with van der Waals surface area (Å²) in [5.41, 5.74) is -0.159. The molecular formula is C14H16F2N2O. The maximum atomic E-state index is 13.6. The largest absolute Gasteiger partial charge is 0.441 e. The monoisotopic (exact) mass is 266 g/mol. The molecule has 0 radical (unpaired) electrons. The van der Waals surface area contributed by atoms with Crippen LogP contribution in [0.1, 0.15) is 19.2 Å². The summed E-state index contributed by atoms with van der Waals surface area (Å²) in [6, 6.07) is 3.72. The number of aryl methyl sites for hydroxylation is 1. The molecule has 0 amide bonds. The molecule has 0 spiro atoms. The molecule has 5 heteroatoms. The number of rotatable bonds is 6. The fourth-order valence-corrected chi connectivity index (χ4v) is 1.82. The Labute approximate surface area is 110 Å². The summed E-state index contributed by atoms with van der Waals surface area (Å²) in [5, 5.41) is 3.19. The van der Waals surface area contributed by atoms with Crippen molar-refractivity contribution in [2.75, 3.05) is 13.1 Å². The molecular weight excluding hydrogens is 250 g/mol. The molecule has 0 unspecified atom stereocenters. The number of benzene rings is 1. The molecule has 0 fully saturated rings. The molecule has 1 N–H and O–H groups in total. The van der Waals surface area contributed by atoms with Crippen molar-refractivity contribution in [2.45, 2.75) is 19.8 Å². The first-order chi connectivity index (χ1) is 9.22. The van der Waals surface area contributed by atoms with E-state index in [1.807, 2.05) is 6.92 Å². The van der Waals surface area contributed by atoms with Gasteiger partial charge in [-0.1, -0.05) is 13.0 Å². The van der Waals surface area contributed by atoms with Crippen LogP contribution >= 0.6 is 0 Å². The highest BCUT2D eigenvalue weighted by molar-refractivity contribution is 5.58. The van der Waals surface area contributed by atoms with E-state index in [4.69, 9.17) is 4.42 Å². The molecule has 0 bridgehead atoms. The first kappa shape index (κ1) is 13.7. The molecule has 1 aromatic heterocycles. The third-order valence-corrected chi connectivity index (χ3v) is 2.76. The third-order valence-electron chi connectivity index (χ3n) is 2.76. The minimum absolute atomic E-state index is 0.133. The zero-order valence-corrected chi connectivity index (χ0v) is 10.7. The van der Waals surface area contributed by atoms with Gasteiger partial charge in [0.05, 0.1) is 11.8 Å². The van der Waals surface area contributed by atoms with Gasteiger partial charge in [0.2, 0.25) is 0 Å². The van der Waals surface area contributed by atoms with Crippen molar-refractivity contribution in [3.05, 3.63) is 41.9 Å². The summed E-state index contributed by atoms with van der Waals surface area (Å²) in [7, 11) is 0. The van der Waals surface area contributed by atoms with E-state index in [1.54, 1.807) is 0 Å². The molecule has 2 aromatic rings. The predicted molar refractivity (Wildman–Crippen MR) is 68.7 cm³/mol. The van der Waals surface area contributed by atoms with Crippen LogP contribution < -0.4 is 5.32 Å². The van der Waals surface area contributed by atoms with Crippen LogP contribution in [0.5, 0.6) is 0 Å². The summed E-state index contributed by atoms with van der Waals surface area (Å²) >= 11 is 0. The molecule has 0 aliphatic rings. The van der Waals surface area contributed by atoms with Gasteiger partial charge in [0.1, 0.15) is 11.6 Å². The van der Waals surface area contributed by atoms with E-state index in [2.05, 4.69) is 10.3 Å². The van der Waals surface area contributed by atoms with Crippen LogP contribution in [0.3, 0.4) is 0 Å². The predicted octanol–water partition coefficient (Wildman–Crippen LogP) is 3.16. The number of oxazole rings is 1. The molecule has 1 heterocycles. The molecule has 3 nitrogen and oxygen atoms in total. The van der Waals surface area contributed by atoms with Crippen molar-refractivity contribution in [1.82, 2.24) is 10.3 Å². The fraction of sp³-hybridized carbons (Fsp3) is 0.357. The number of hydrogen-bond acceptors (Lipinski definition) is 3. The van der Waals surface area contributed by atoms with Gasteiger partial charge in [-0.25, -0.2) is 13.8 Å². The molecule has 19 heavy (non-hydrogen) atoms. The highest BCUT2D eigenvalue weighted by Crippen LogP contribution is 2.26. The Morgan fingerprint density at radius 3 is 2.68 bits per heavy atom. The Hall–Kier alpha value is -1.75. The summed E-state index contributed by atoms with van der Waals surface area (Å²) in [4.78, 5) is 4.04. The van der Waals surface area contributed by atoms with Crippen LogP contribution in [0.25, 0.3) is 11.3 Å². The van der Waals surface area contributed by atoms with E-state index in [0.29, 0.717) is 12.3 Å². The van der Waals surface area contributed by atoms with Crippen molar-refractivity contribution < 1.29 is 13.2 Å². The summed E-state index contributed by atoms with van der Waals surface area (Å²) < 4.78 is 32.5. The Morgan fingerprint density at radius 2 is 2.00 bits per heavy atom. The molecule has 0 saturated carbocycles. The Balaban J connectivity index is 2.08. The molecule has 102 valence electrons. The maximum absolute atomic E-state index is 13.6. The quantitative estimate of drug-likeness (QED) is 0.816. The number of nitrogens with one attached hydrogen (secondary N) is 1. The Bertz CT molecular complexity index is 520. The van der Waals surface area contributed by atoms with Crippen LogP contribution in [0.4, 0.5) is 8.78 Å². The summed E-state index contributed by atoms with van der Waals surface area (Å²) in [5.74, 6) is -0.657. The van der Waals surface area contributed by atoms with E-state index >= 15 is 0 Å². The first-order valence-corrected chi connectivity index (χ1v) is 6.32. The Morgan fingerprint density at radius 1 is 1.26 bits per heavy atom. The first-order valence-electron chi connectivity index (χ1n) is 6.32. The van der Waals surface area contributed by atoms with E-state index in [0.717, 1.165) is 19.5 Å². The summed E-state index contributed by atoms with van der Waals surface area (Å²) in [6.45, 7) is 3.81. The molecule has 1 aromatic carbocycles. The van der Waals surface area contributed by atoms with Crippen molar-refractivity contribution in [1.29, 1.82) is 0 Å². The topological polar surface area (TPSA) is 38.1 Å². The average molecular weight is 266 g/mol. The van der Waals surface area contributed by atoms with Gasteiger partial charge in [-0.3, -0.25) is 0 Å². The second-order valence-electron chi connectivity index (χ2n) is 4.17. The van der Waals surface area contributed by atoms with Crippen molar-refractivity contribution in [2.24, 2.45) is 0 Å². The van der Waals surface area contributed by atoms with E-state index in [9.17, 15) is 8.78 Å². The van der Waals surface area contributed by atoms with Crippen LogP contribution in [0.15, 0.2) is 28.8 Å². The van der Waals surface area contributed by atoms with Crippen molar-refractivity contribution in [3.8, 4) is 11.3 Å². The lowest BCUT2D eigenvalue weighted by molar-refractivity contribution is 0.485.